The van der Waals surface area contributed by atoms with Gasteiger partial charge >= 0.3 is 0 Å². The van der Waals surface area contributed by atoms with Gasteiger partial charge in [0.2, 0.25) is 0 Å². The maximum Gasteiger partial charge on any atom is 0.255 e. The van der Waals surface area contributed by atoms with E-state index in [1.54, 1.807) is 31.0 Å². The third kappa shape index (κ3) is 3.75. The zero-order valence-corrected chi connectivity index (χ0v) is 19.2. The van der Waals surface area contributed by atoms with Crippen molar-refractivity contribution in [3.05, 3.63) is 54.0 Å². The van der Waals surface area contributed by atoms with Gasteiger partial charge in [-0.05, 0) is 52.8 Å². The molecule has 4 aromatic rings. The molecule has 0 saturated carbocycles. The van der Waals surface area contributed by atoms with E-state index >= 15 is 0 Å². The molecule has 0 aliphatic heterocycles. The minimum absolute atomic E-state index is 0.0867. The Morgan fingerprint density at radius 3 is 2.16 bits per heavy atom. The van der Waals surface area contributed by atoms with Gasteiger partial charge in [0, 0.05) is 23.4 Å². The first kappa shape index (κ1) is 21.6. The Balaban J connectivity index is 2.04. The molecule has 0 unspecified atom stereocenters. The first-order valence-electron chi connectivity index (χ1n) is 10.6. The fraction of sp³-hybridized carbons (Fsp3) is 0.320. The Morgan fingerprint density at radius 1 is 0.906 bits per heavy atom. The lowest BCUT2D eigenvalue weighted by molar-refractivity contribution is 0.400. The molecule has 0 spiro atoms. The number of hydrogen-bond donors (Lipinski definition) is 1. The predicted octanol–water partition coefficient (Wildman–Crippen LogP) is 5.43. The zero-order valence-electron chi connectivity index (χ0n) is 19.2. The molecule has 0 aliphatic rings. The second kappa shape index (κ2) is 8.49. The molecule has 2 aromatic carbocycles. The molecule has 2 heterocycles. The third-order valence-corrected chi connectivity index (χ3v) is 5.65. The Labute approximate surface area is 187 Å². The van der Waals surface area contributed by atoms with Crippen LogP contribution in [0, 0.1) is 0 Å². The third-order valence-electron chi connectivity index (χ3n) is 5.65. The van der Waals surface area contributed by atoms with Crippen molar-refractivity contribution >= 4 is 5.78 Å². The van der Waals surface area contributed by atoms with Gasteiger partial charge in [-0.25, -0.2) is 4.98 Å². The van der Waals surface area contributed by atoms with Gasteiger partial charge in [0.15, 0.2) is 0 Å². The standard InChI is InChI=1S/C25H28N4O3/c1-14(2)19-9-16(10-20(15(3)4)24(19)32-6)21-12-29-13-26-28-25(29)27-23(21)18-8-7-17(31-5)11-22(18)30/h7-15,30H,1-6H3. The number of phenolic OH excluding ortho intramolecular Hbond substituents is 1. The second-order valence-electron chi connectivity index (χ2n) is 8.42. The van der Waals surface area contributed by atoms with E-state index in [2.05, 4.69) is 50.0 Å². The summed E-state index contributed by atoms with van der Waals surface area (Å²) in [7, 11) is 3.29. The largest absolute Gasteiger partial charge is 0.507 e. The van der Waals surface area contributed by atoms with Crippen LogP contribution in [-0.4, -0.2) is 38.9 Å². The van der Waals surface area contributed by atoms with Crippen LogP contribution in [0.4, 0.5) is 0 Å². The van der Waals surface area contributed by atoms with E-state index in [4.69, 9.17) is 14.5 Å². The number of rotatable bonds is 6. The normalized spacial score (nSPS) is 11.5. The van der Waals surface area contributed by atoms with Crippen molar-refractivity contribution < 1.29 is 14.6 Å². The van der Waals surface area contributed by atoms with Crippen LogP contribution in [0.1, 0.15) is 50.7 Å². The first-order chi connectivity index (χ1) is 15.3. The number of nitrogens with zero attached hydrogens (tertiary/aromatic N) is 4. The van der Waals surface area contributed by atoms with E-state index in [9.17, 15) is 5.11 Å². The quantitative estimate of drug-likeness (QED) is 0.438. The van der Waals surface area contributed by atoms with Gasteiger partial charge in [0.05, 0.1) is 19.9 Å². The molecule has 0 aliphatic carbocycles. The minimum Gasteiger partial charge on any atom is -0.507 e. The topological polar surface area (TPSA) is 81.8 Å². The monoisotopic (exact) mass is 432 g/mol. The van der Waals surface area contributed by atoms with Crippen LogP contribution >= 0.6 is 0 Å². The molecule has 7 heteroatoms. The molecular weight excluding hydrogens is 404 g/mol. The lowest BCUT2D eigenvalue weighted by Gasteiger charge is -2.21. The molecule has 32 heavy (non-hydrogen) atoms. The van der Waals surface area contributed by atoms with E-state index in [1.807, 2.05) is 18.3 Å². The van der Waals surface area contributed by atoms with Gasteiger partial charge in [0.1, 0.15) is 23.6 Å². The second-order valence-corrected chi connectivity index (χ2v) is 8.42. The maximum absolute atomic E-state index is 10.8. The number of hydrogen-bond acceptors (Lipinski definition) is 6. The summed E-state index contributed by atoms with van der Waals surface area (Å²) in [5, 5.41) is 18.8. The summed E-state index contributed by atoms with van der Waals surface area (Å²) in [6, 6.07) is 9.49. The number of benzene rings is 2. The van der Waals surface area contributed by atoms with Crippen molar-refractivity contribution in [2.75, 3.05) is 14.2 Å². The highest BCUT2D eigenvalue weighted by atomic mass is 16.5. The van der Waals surface area contributed by atoms with Gasteiger partial charge in [-0.1, -0.05) is 27.7 Å². The Morgan fingerprint density at radius 2 is 1.59 bits per heavy atom. The van der Waals surface area contributed by atoms with Crippen LogP contribution in [0.5, 0.6) is 17.2 Å². The molecule has 7 nitrogen and oxygen atoms in total. The molecule has 0 saturated heterocycles. The summed E-state index contributed by atoms with van der Waals surface area (Å²) in [4.78, 5) is 4.75. The number of ether oxygens (including phenoxy) is 2. The van der Waals surface area contributed by atoms with Crippen molar-refractivity contribution in [2.45, 2.75) is 39.5 Å². The number of fused-ring (bicyclic) bond motifs is 1. The van der Waals surface area contributed by atoms with E-state index in [0.29, 0.717) is 22.8 Å². The van der Waals surface area contributed by atoms with E-state index in [0.717, 1.165) is 28.0 Å². The van der Waals surface area contributed by atoms with Crippen molar-refractivity contribution in [1.29, 1.82) is 0 Å². The molecule has 1 N–H and O–H groups in total. The van der Waals surface area contributed by atoms with Gasteiger partial charge < -0.3 is 14.6 Å². The highest BCUT2D eigenvalue weighted by molar-refractivity contribution is 5.85. The van der Waals surface area contributed by atoms with Crippen LogP contribution < -0.4 is 9.47 Å². The summed E-state index contributed by atoms with van der Waals surface area (Å²) in [5.74, 6) is 2.58. The van der Waals surface area contributed by atoms with Gasteiger partial charge in [0.25, 0.3) is 5.78 Å². The van der Waals surface area contributed by atoms with Gasteiger partial charge in [-0.3, -0.25) is 4.40 Å². The van der Waals surface area contributed by atoms with Crippen LogP contribution in [0.2, 0.25) is 0 Å². The smallest absolute Gasteiger partial charge is 0.255 e. The molecular formula is C25H28N4O3. The van der Waals surface area contributed by atoms with Crippen LogP contribution in [0.15, 0.2) is 42.9 Å². The zero-order chi connectivity index (χ0) is 23.0. The summed E-state index contributed by atoms with van der Waals surface area (Å²) in [5.41, 5.74) is 5.33. The number of phenols is 1. The van der Waals surface area contributed by atoms with Crippen molar-refractivity contribution in [3.63, 3.8) is 0 Å². The molecule has 0 atom stereocenters. The van der Waals surface area contributed by atoms with Crippen molar-refractivity contribution in [3.8, 4) is 39.6 Å². The molecule has 2 aromatic heterocycles. The maximum atomic E-state index is 10.8. The molecule has 0 fully saturated rings. The Hall–Kier alpha value is -3.61. The van der Waals surface area contributed by atoms with Crippen molar-refractivity contribution in [2.24, 2.45) is 0 Å². The van der Waals surface area contributed by atoms with Gasteiger partial charge in [-0.2, -0.15) is 0 Å². The fourth-order valence-corrected chi connectivity index (χ4v) is 3.95. The molecule has 0 bridgehead atoms. The molecule has 0 radical (unpaired) electrons. The van der Waals surface area contributed by atoms with E-state index in [-0.39, 0.29) is 17.6 Å². The van der Waals surface area contributed by atoms with Crippen LogP contribution in [0.3, 0.4) is 0 Å². The molecule has 0 amide bonds. The highest BCUT2D eigenvalue weighted by Gasteiger charge is 2.21. The average molecular weight is 433 g/mol. The Kier molecular flexibility index (Phi) is 5.74. The lowest BCUT2D eigenvalue weighted by atomic mass is 9.88. The Bertz CT molecular complexity index is 1250. The van der Waals surface area contributed by atoms with E-state index in [1.165, 1.54) is 0 Å². The predicted molar refractivity (Wildman–Crippen MR) is 125 cm³/mol. The summed E-state index contributed by atoms with van der Waals surface area (Å²) in [6.45, 7) is 8.62. The summed E-state index contributed by atoms with van der Waals surface area (Å²) >= 11 is 0. The fourth-order valence-electron chi connectivity index (χ4n) is 3.95. The van der Waals surface area contributed by atoms with Crippen LogP contribution in [-0.2, 0) is 0 Å². The number of aromatic nitrogens is 4. The lowest BCUT2D eigenvalue weighted by Crippen LogP contribution is -2.03. The van der Waals surface area contributed by atoms with E-state index < -0.39 is 0 Å². The van der Waals surface area contributed by atoms with Crippen LogP contribution in [0.25, 0.3) is 28.2 Å². The minimum atomic E-state index is 0.0867. The SMILES string of the molecule is COc1ccc(-c2nc3nncn3cc2-c2cc(C(C)C)c(OC)c(C(C)C)c2)c(O)c1. The molecule has 166 valence electrons. The summed E-state index contributed by atoms with van der Waals surface area (Å²) < 4.78 is 12.8. The summed E-state index contributed by atoms with van der Waals surface area (Å²) in [6.07, 6.45) is 3.58. The highest BCUT2D eigenvalue weighted by Crippen LogP contribution is 2.42. The number of aromatic hydroxyl groups is 1. The number of methoxy groups -OCH3 is 2. The van der Waals surface area contributed by atoms with Crippen molar-refractivity contribution in [1.82, 2.24) is 19.6 Å². The first-order valence-corrected chi connectivity index (χ1v) is 10.6. The van der Waals surface area contributed by atoms with Gasteiger partial charge in [-0.15, -0.1) is 10.2 Å². The molecule has 4 rings (SSSR count). The average Bonchev–Trinajstić information content (AvgIpc) is 3.24.